The molecule has 182 valence electrons. The van der Waals surface area contributed by atoms with E-state index in [9.17, 15) is 14.0 Å². The number of thioether (sulfide) groups is 1. The lowest BCUT2D eigenvalue weighted by Crippen LogP contribution is -2.48. The van der Waals surface area contributed by atoms with Gasteiger partial charge in [0.15, 0.2) is 5.16 Å². The zero-order valence-corrected chi connectivity index (χ0v) is 20.5. The summed E-state index contributed by atoms with van der Waals surface area (Å²) < 4.78 is 17.2. The Balaban J connectivity index is 1.39. The maximum absolute atomic E-state index is 13.4. The first kappa shape index (κ1) is 23.3. The smallest absolute Gasteiger partial charge is 0.243 e. The lowest BCUT2D eigenvalue weighted by atomic mass is 9.97. The van der Waals surface area contributed by atoms with Crippen LogP contribution < -0.4 is 5.32 Å². The van der Waals surface area contributed by atoms with Crippen molar-refractivity contribution in [3.05, 3.63) is 54.3 Å². The molecule has 35 heavy (non-hydrogen) atoms. The second-order valence-electron chi connectivity index (χ2n) is 8.97. The molecule has 8 nitrogen and oxygen atoms in total. The normalized spacial score (nSPS) is 18.3. The highest BCUT2D eigenvalue weighted by molar-refractivity contribution is 7.99. The van der Waals surface area contributed by atoms with Gasteiger partial charge in [0, 0.05) is 17.8 Å². The summed E-state index contributed by atoms with van der Waals surface area (Å²) in [5, 5.41) is 11.9. The molecule has 1 N–H and O–H groups in total. The summed E-state index contributed by atoms with van der Waals surface area (Å²) in [6.07, 6.45) is 3.17. The van der Waals surface area contributed by atoms with Crippen LogP contribution in [-0.2, 0) is 16.1 Å². The molecule has 1 fully saturated rings. The summed E-state index contributed by atoms with van der Waals surface area (Å²) in [5.41, 5.74) is 2.15. The number of carbonyl (C=O) groups excluding carboxylic acids is 2. The first-order chi connectivity index (χ1) is 16.9. The molecule has 2 aromatic carbocycles. The summed E-state index contributed by atoms with van der Waals surface area (Å²) >= 11 is 1.24. The van der Waals surface area contributed by atoms with Crippen LogP contribution in [0.4, 0.5) is 10.1 Å². The van der Waals surface area contributed by atoms with Crippen LogP contribution in [0.5, 0.6) is 0 Å². The molecule has 1 saturated heterocycles. The third kappa shape index (κ3) is 4.62. The second kappa shape index (κ2) is 9.69. The molecule has 0 bridgehead atoms. The van der Waals surface area contributed by atoms with Gasteiger partial charge >= 0.3 is 0 Å². The summed E-state index contributed by atoms with van der Waals surface area (Å²) in [4.78, 5) is 27.8. The number of nitrogens with one attached hydrogen (secondary N) is 1. The first-order valence-electron chi connectivity index (χ1n) is 11.7. The van der Waals surface area contributed by atoms with Crippen LogP contribution in [0.15, 0.2) is 53.7 Å². The maximum Gasteiger partial charge on any atom is 0.243 e. The summed E-state index contributed by atoms with van der Waals surface area (Å²) in [6.45, 7) is 4.39. The van der Waals surface area contributed by atoms with E-state index in [1.807, 2.05) is 38.1 Å². The topological polar surface area (TPSA) is 84.5 Å². The molecule has 0 unspecified atom stereocenters. The molecular weight excluding hydrogens is 467 g/mol. The molecule has 2 amide bonds. The Hall–Kier alpha value is -3.40. The quantitative estimate of drug-likeness (QED) is 0.403. The summed E-state index contributed by atoms with van der Waals surface area (Å²) in [5.74, 6) is 0.0256. The van der Waals surface area contributed by atoms with E-state index < -0.39 is 5.82 Å². The van der Waals surface area contributed by atoms with Gasteiger partial charge in [0.25, 0.3) is 0 Å². The van der Waals surface area contributed by atoms with E-state index in [1.54, 1.807) is 12.1 Å². The fourth-order valence-corrected chi connectivity index (χ4v) is 5.65. The molecule has 0 aliphatic carbocycles. The molecule has 2 aromatic heterocycles. The molecule has 1 aliphatic rings. The number of hydrogen-bond donors (Lipinski definition) is 1. The van der Waals surface area contributed by atoms with Crippen molar-refractivity contribution < 1.29 is 14.0 Å². The molecule has 1 aliphatic heterocycles. The maximum atomic E-state index is 13.4. The number of nitrogens with zero attached hydrogens (tertiary/aromatic N) is 5. The summed E-state index contributed by atoms with van der Waals surface area (Å²) in [7, 11) is 0. The van der Waals surface area contributed by atoms with Crippen LogP contribution in [0.1, 0.15) is 33.1 Å². The van der Waals surface area contributed by atoms with Crippen LogP contribution in [0.3, 0.4) is 0 Å². The van der Waals surface area contributed by atoms with Gasteiger partial charge in [-0.1, -0.05) is 30.0 Å². The van der Waals surface area contributed by atoms with E-state index in [4.69, 9.17) is 0 Å². The third-order valence-corrected chi connectivity index (χ3v) is 7.42. The Labute approximate surface area is 206 Å². The van der Waals surface area contributed by atoms with Gasteiger partial charge in [-0.05, 0) is 63.4 Å². The van der Waals surface area contributed by atoms with Gasteiger partial charge in [-0.15, -0.1) is 10.2 Å². The number of halogens is 1. The third-order valence-electron chi connectivity index (χ3n) is 6.49. The second-order valence-corrected chi connectivity index (χ2v) is 9.91. The predicted octanol–water partition coefficient (Wildman–Crippen LogP) is 4.34. The van der Waals surface area contributed by atoms with E-state index in [2.05, 4.69) is 29.4 Å². The Morgan fingerprint density at radius 2 is 1.80 bits per heavy atom. The number of anilines is 1. The van der Waals surface area contributed by atoms with Crippen LogP contribution in [0.25, 0.3) is 16.8 Å². The van der Waals surface area contributed by atoms with Crippen LogP contribution in [-0.4, -0.2) is 53.7 Å². The van der Waals surface area contributed by atoms with Crippen molar-refractivity contribution in [2.24, 2.45) is 0 Å². The number of piperidine rings is 1. The fourth-order valence-electron chi connectivity index (χ4n) is 4.91. The minimum Gasteiger partial charge on any atom is -0.336 e. The number of hydrogen-bond acceptors (Lipinski definition) is 5. The Bertz CT molecular complexity index is 1390. The number of rotatable bonds is 6. The average molecular weight is 495 g/mol. The van der Waals surface area contributed by atoms with Gasteiger partial charge in [0.2, 0.25) is 17.6 Å². The monoisotopic (exact) mass is 494 g/mol. The molecule has 4 aromatic rings. The Morgan fingerprint density at radius 3 is 2.54 bits per heavy atom. The van der Waals surface area contributed by atoms with Gasteiger partial charge in [-0.3, -0.25) is 18.6 Å². The van der Waals surface area contributed by atoms with Crippen molar-refractivity contribution in [1.82, 2.24) is 24.1 Å². The number of benzene rings is 2. The number of likely N-dealkylation sites (tertiary alicyclic amines) is 1. The lowest BCUT2D eigenvalue weighted by Gasteiger charge is -2.39. The van der Waals surface area contributed by atoms with E-state index in [-0.39, 0.29) is 36.2 Å². The zero-order chi connectivity index (χ0) is 24.5. The number of carbonyl (C=O) groups is 2. The highest BCUT2D eigenvalue weighted by atomic mass is 32.2. The largest absolute Gasteiger partial charge is 0.336 e. The molecule has 3 heterocycles. The van der Waals surface area contributed by atoms with Crippen molar-refractivity contribution in [3.63, 3.8) is 0 Å². The highest BCUT2D eigenvalue weighted by Gasteiger charge is 2.30. The molecule has 0 saturated carbocycles. The number of aromatic nitrogens is 4. The Morgan fingerprint density at radius 1 is 1.06 bits per heavy atom. The molecular formula is C25H27FN6O2S. The molecule has 0 radical (unpaired) electrons. The fraction of sp³-hybridized carbons (Fsp3) is 0.360. The standard InChI is InChI=1S/C25H27FN6O2S/c1-16-7-5-8-17(2)31(16)23(34)14-30-20-11-3-4-12-21(20)32-24(30)28-29-25(32)35-15-22(33)27-19-10-6-9-18(26)13-19/h3-4,6,9-13,16-17H,5,7-8,14-15H2,1-2H3,(H,27,33)/t16-,17+. The molecule has 10 heteroatoms. The van der Waals surface area contributed by atoms with Crippen LogP contribution >= 0.6 is 11.8 Å². The lowest BCUT2D eigenvalue weighted by molar-refractivity contribution is -0.137. The van der Waals surface area contributed by atoms with Crippen molar-refractivity contribution in [2.45, 2.75) is 56.9 Å². The van der Waals surface area contributed by atoms with Crippen molar-refractivity contribution in [1.29, 1.82) is 0 Å². The van der Waals surface area contributed by atoms with Gasteiger partial charge in [0.1, 0.15) is 12.4 Å². The van der Waals surface area contributed by atoms with Crippen molar-refractivity contribution >= 4 is 46.1 Å². The van der Waals surface area contributed by atoms with Gasteiger partial charge in [0.05, 0.1) is 16.8 Å². The predicted molar refractivity (Wildman–Crippen MR) is 134 cm³/mol. The van der Waals surface area contributed by atoms with E-state index in [0.717, 1.165) is 30.3 Å². The average Bonchev–Trinajstić information content (AvgIpc) is 3.37. The van der Waals surface area contributed by atoms with E-state index >= 15 is 0 Å². The van der Waals surface area contributed by atoms with Gasteiger partial charge in [-0.25, -0.2) is 4.39 Å². The minimum atomic E-state index is -0.412. The molecule has 0 spiro atoms. The Kier molecular flexibility index (Phi) is 6.46. The molecule has 5 rings (SSSR count). The van der Waals surface area contributed by atoms with Crippen molar-refractivity contribution in [2.75, 3.05) is 11.1 Å². The minimum absolute atomic E-state index is 0.0691. The first-order valence-corrected chi connectivity index (χ1v) is 12.7. The number of amides is 2. The number of para-hydroxylation sites is 2. The zero-order valence-electron chi connectivity index (χ0n) is 19.6. The van der Waals surface area contributed by atoms with Gasteiger partial charge < -0.3 is 10.2 Å². The molecule has 2 atom stereocenters. The highest BCUT2D eigenvalue weighted by Crippen LogP contribution is 2.28. The van der Waals surface area contributed by atoms with E-state index in [0.29, 0.717) is 16.6 Å². The van der Waals surface area contributed by atoms with Crippen LogP contribution in [0.2, 0.25) is 0 Å². The number of imidazole rings is 1. The van der Waals surface area contributed by atoms with Crippen molar-refractivity contribution in [3.8, 4) is 0 Å². The summed E-state index contributed by atoms with van der Waals surface area (Å²) in [6, 6.07) is 14.0. The van der Waals surface area contributed by atoms with Crippen LogP contribution in [0, 0.1) is 5.82 Å². The van der Waals surface area contributed by atoms with Gasteiger partial charge in [-0.2, -0.15) is 0 Å². The SMILES string of the molecule is C[C@@H]1CCC[C@H](C)N1C(=O)Cn1c2ccccc2n2c(SCC(=O)Nc3cccc(F)c3)nnc12. The number of fused-ring (bicyclic) bond motifs is 3. The van der Waals surface area contributed by atoms with E-state index in [1.165, 1.54) is 23.9 Å².